The smallest absolute Gasteiger partial charge is 0.273 e. The van der Waals surface area contributed by atoms with Gasteiger partial charge in [-0.3, -0.25) is 4.79 Å². The Morgan fingerprint density at radius 2 is 1.80 bits per heavy atom. The normalized spacial score (nSPS) is 11.1. The maximum Gasteiger partial charge on any atom is 0.273 e. The molecule has 0 unspecified atom stereocenters. The lowest BCUT2D eigenvalue weighted by Gasteiger charge is -2.13. The number of carbonyl (C=O) groups is 1. The summed E-state index contributed by atoms with van der Waals surface area (Å²) in [6.45, 7) is 6.78. The van der Waals surface area contributed by atoms with Gasteiger partial charge in [0.15, 0.2) is 5.71 Å². The van der Waals surface area contributed by atoms with Crippen LogP contribution in [0.2, 0.25) is 0 Å². The lowest BCUT2D eigenvalue weighted by Crippen LogP contribution is -2.32. The quantitative estimate of drug-likeness (QED) is 0.621. The van der Waals surface area contributed by atoms with Crippen LogP contribution >= 0.6 is 0 Å². The summed E-state index contributed by atoms with van der Waals surface area (Å²) in [5, 5.41) is 6.66. The summed E-state index contributed by atoms with van der Waals surface area (Å²) in [6.07, 6.45) is 0. The van der Waals surface area contributed by atoms with E-state index in [0.29, 0.717) is 18.7 Å². The van der Waals surface area contributed by atoms with Gasteiger partial charge in [0.05, 0.1) is 0 Å². The SMILES string of the molecule is CCNC(=O)/C(=N/OC)c1ccccc1COc1cc(C)cc(C)c1. The fraction of sp³-hybridized carbons (Fsp3) is 0.300. The minimum atomic E-state index is -0.275. The van der Waals surface area contributed by atoms with Crippen LogP contribution in [0, 0.1) is 13.8 Å². The molecule has 2 aromatic rings. The summed E-state index contributed by atoms with van der Waals surface area (Å²) in [6, 6.07) is 13.6. The second kappa shape index (κ2) is 8.87. The van der Waals surface area contributed by atoms with Gasteiger partial charge in [-0.15, -0.1) is 0 Å². The first-order chi connectivity index (χ1) is 12.0. The zero-order chi connectivity index (χ0) is 18.2. The predicted octanol–water partition coefficient (Wildman–Crippen LogP) is 3.37. The number of likely N-dealkylation sites (N-methyl/N-ethyl adjacent to an activating group) is 1. The highest BCUT2D eigenvalue weighted by atomic mass is 16.6. The van der Waals surface area contributed by atoms with Crippen LogP contribution in [0.5, 0.6) is 5.75 Å². The number of ether oxygens (including phenoxy) is 1. The Hall–Kier alpha value is -2.82. The monoisotopic (exact) mass is 340 g/mol. The van der Waals surface area contributed by atoms with Gasteiger partial charge in [0.2, 0.25) is 0 Å². The zero-order valence-electron chi connectivity index (χ0n) is 15.1. The molecule has 2 rings (SSSR count). The summed E-state index contributed by atoms with van der Waals surface area (Å²) >= 11 is 0. The number of hydrogen-bond acceptors (Lipinski definition) is 4. The van der Waals surface area contributed by atoms with Crippen molar-refractivity contribution >= 4 is 11.6 Å². The van der Waals surface area contributed by atoms with Crippen molar-refractivity contribution in [3.8, 4) is 5.75 Å². The molecule has 0 aliphatic heterocycles. The van der Waals surface area contributed by atoms with E-state index in [4.69, 9.17) is 9.57 Å². The van der Waals surface area contributed by atoms with Gasteiger partial charge < -0.3 is 14.9 Å². The van der Waals surface area contributed by atoms with Crippen molar-refractivity contribution in [3.05, 3.63) is 64.7 Å². The van der Waals surface area contributed by atoms with E-state index in [9.17, 15) is 4.79 Å². The van der Waals surface area contributed by atoms with E-state index in [1.54, 1.807) is 0 Å². The lowest BCUT2D eigenvalue weighted by atomic mass is 10.0. The summed E-state index contributed by atoms with van der Waals surface area (Å²) in [5.74, 6) is 0.527. The third-order valence-corrected chi connectivity index (χ3v) is 3.60. The van der Waals surface area contributed by atoms with Crippen molar-refractivity contribution in [2.45, 2.75) is 27.4 Å². The van der Waals surface area contributed by atoms with Gasteiger partial charge in [-0.05, 0) is 49.6 Å². The molecule has 132 valence electrons. The number of amides is 1. The van der Waals surface area contributed by atoms with Crippen LogP contribution < -0.4 is 10.1 Å². The van der Waals surface area contributed by atoms with E-state index in [-0.39, 0.29) is 11.6 Å². The first kappa shape index (κ1) is 18.5. The molecule has 0 saturated heterocycles. The summed E-state index contributed by atoms with van der Waals surface area (Å²) in [7, 11) is 1.42. The van der Waals surface area contributed by atoms with Gasteiger partial charge in [0, 0.05) is 12.1 Å². The standard InChI is InChI=1S/C20H24N2O3/c1-5-21-20(23)19(22-24-4)18-9-7-6-8-16(18)13-25-17-11-14(2)10-15(3)12-17/h6-12H,5,13H2,1-4H3,(H,21,23)/b22-19+. The van der Waals surface area contributed by atoms with Gasteiger partial charge in [-0.2, -0.15) is 0 Å². The highest BCUT2D eigenvalue weighted by molar-refractivity contribution is 6.45. The molecule has 1 amide bonds. The van der Waals surface area contributed by atoms with Crippen LogP contribution in [0.1, 0.15) is 29.2 Å². The molecule has 0 aliphatic carbocycles. The number of aryl methyl sites for hydroxylation is 2. The number of hydrogen-bond donors (Lipinski definition) is 1. The van der Waals surface area contributed by atoms with Crippen LogP contribution in [0.15, 0.2) is 47.6 Å². The van der Waals surface area contributed by atoms with Crippen LogP contribution in [0.3, 0.4) is 0 Å². The van der Waals surface area contributed by atoms with Gasteiger partial charge in [0.25, 0.3) is 5.91 Å². The van der Waals surface area contributed by atoms with E-state index in [0.717, 1.165) is 22.4 Å². The molecule has 0 aliphatic rings. The van der Waals surface area contributed by atoms with Gasteiger partial charge in [-0.25, -0.2) is 0 Å². The lowest BCUT2D eigenvalue weighted by molar-refractivity contribution is -0.114. The molecule has 0 atom stereocenters. The molecule has 5 heteroatoms. The Balaban J connectivity index is 2.27. The van der Waals surface area contributed by atoms with Crippen molar-refractivity contribution in [1.29, 1.82) is 0 Å². The van der Waals surface area contributed by atoms with Crippen LogP contribution in [-0.2, 0) is 16.2 Å². The first-order valence-electron chi connectivity index (χ1n) is 8.23. The van der Waals surface area contributed by atoms with Crippen LogP contribution in [-0.4, -0.2) is 25.3 Å². The summed E-state index contributed by atoms with van der Waals surface area (Å²) < 4.78 is 5.93. The van der Waals surface area contributed by atoms with Gasteiger partial charge in [-0.1, -0.05) is 35.5 Å². The Morgan fingerprint density at radius 1 is 1.12 bits per heavy atom. The Labute approximate surface area is 148 Å². The second-order valence-corrected chi connectivity index (χ2v) is 5.75. The molecule has 0 heterocycles. The van der Waals surface area contributed by atoms with E-state index >= 15 is 0 Å². The molecule has 0 fully saturated rings. The average molecular weight is 340 g/mol. The third kappa shape index (κ3) is 5.08. The molecule has 25 heavy (non-hydrogen) atoms. The minimum Gasteiger partial charge on any atom is -0.489 e. The summed E-state index contributed by atoms with van der Waals surface area (Å²) in [5.41, 5.74) is 4.09. The maximum absolute atomic E-state index is 12.3. The fourth-order valence-corrected chi connectivity index (χ4v) is 2.60. The molecule has 0 saturated carbocycles. The molecule has 0 bridgehead atoms. The van der Waals surface area contributed by atoms with Crippen molar-refractivity contribution in [3.63, 3.8) is 0 Å². The van der Waals surface area contributed by atoms with E-state index in [1.807, 2.05) is 57.2 Å². The maximum atomic E-state index is 12.3. The molecular formula is C20H24N2O3. The minimum absolute atomic E-state index is 0.240. The Bertz CT molecular complexity index is 749. The highest BCUT2D eigenvalue weighted by Crippen LogP contribution is 2.19. The Kier molecular flexibility index (Phi) is 6.57. The second-order valence-electron chi connectivity index (χ2n) is 5.75. The van der Waals surface area contributed by atoms with E-state index in [1.165, 1.54) is 7.11 Å². The predicted molar refractivity (Wildman–Crippen MR) is 98.9 cm³/mol. The van der Waals surface area contributed by atoms with Crippen molar-refractivity contribution in [2.24, 2.45) is 5.16 Å². The molecule has 0 aromatic heterocycles. The largest absolute Gasteiger partial charge is 0.489 e. The molecule has 5 nitrogen and oxygen atoms in total. The topological polar surface area (TPSA) is 59.9 Å². The number of benzene rings is 2. The fourth-order valence-electron chi connectivity index (χ4n) is 2.60. The van der Waals surface area contributed by atoms with E-state index in [2.05, 4.69) is 16.5 Å². The molecule has 0 radical (unpaired) electrons. The zero-order valence-corrected chi connectivity index (χ0v) is 15.1. The number of rotatable bonds is 7. The van der Waals surface area contributed by atoms with Crippen molar-refractivity contribution in [2.75, 3.05) is 13.7 Å². The van der Waals surface area contributed by atoms with Crippen LogP contribution in [0.4, 0.5) is 0 Å². The van der Waals surface area contributed by atoms with Crippen molar-refractivity contribution in [1.82, 2.24) is 5.32 Å². The third-order valence-electron chi connectivity index (χ3n) is 3.60. The molecular weight excluding hydrogens is 316 g/mol. The number of oxime groups is 1. The number of nitrogens with one attached hydrogen (secondary N) is 1. The highest BCUT2D eigenvalue weighted by Gasteiger charge is 2.18. The average Bonchev–Trinajstić information content (AvgIpc) is 2.57. The molecule has 2 aromatic carbocycles. The van der Waals surface area contributed by atoms with E-state index < -0.39 is 0 Å². The Morgan fingerprint density at radius 3 is 2.44 bits per heavy atom. The van der Waals surface area contributed by atoms with Crippen LogP contribution in [0.25, 0.3) is 0 Å². The summed E-state index contributed by atoms with van der Waals surface area (Å²) in [4.78, 5) is 17.1. The first-order valence-corrected chi connectivity index (χ1v) is 8.23. The van der Waals surface area contributed by atoms with Crippen molar-refractivity contribution < 1.29 is 14.4 Å². The van der Waals surface area contributed by atoms with Gasteiger partial charge >= 0.3 is 0 Å². The van der Waals surface area contributed by atoms with Gasteiger partial charge in [0.1, 0.15) is 19.5 Å². The number of carbonyl (C=O) groups excluding carboxylic acids is 1. The molecule has 0 spiro atoms. The molecule has 1 N–H and O–H groups in total. The number of nitrogens with zero attached hydrogens (tertiary/aromatic N) is 1.